The molecule has 5 rings (SSSR count). The smallest absolute Gasteiger partial charge is 0.262 e. The van der Waals surface area contributed by atoms with E-state index in [2.05, 4.69) is 20.6 Å². The average Bonchev–Trinajstić information content (AvgIpc) is 3.07. The van der Waals surface area contributed by atoms with E-state index >= 15 is 0 Å². The van der Waals surface area contributed by atoms with Gasteiger partial charge in [0.15, 0.2) is 6.61 Å². The van der Waals surface area contributed by atoms with Crippen molar-refractivity contribution in [3.05, 3.63) is 36.2 Å². The first-order valence-electron chi connectivity index (χ1n) is 8.92. The number of aromatic amines is 1. The number of ether oxygens (including phenoxy) is 1. The van der Waals surface area contributed by atoms with Crippen molar-refractivity contribution in [2.45, 2.75) is 25.7 Å². The molecule has 0 saturated heterocycles. The Morgan fingerprint density at radius 1 is 1.23 bits per heavy atom. The van der Waals surface area contributed by atoms with Gasteiger partial charge in [-0.05, 0) is 30.5 Å². The molecule has 1 aromatic carbocycles. The molecule has 1 fully saturated rings. The van der Waals surface area contributed by atoms with E-state index in [4.69, 9.17) is 9.72 Å². The van der Waals surface area contributed by atoms with Crippen LogP contribution in [-0.2, 0) is 11.2 Å². The highest BCUT2D eigenvalue weighted by molar-refractivity contribution is 5.95. The molecule has 0 bridgehead atoms. The molecule has 132 valence electrons. The van der Waals surface area contributed by atoms with Gasteiger partial charge in [0.05, 0.1) is 11.4 Å². The Morgan fingerprint density at radius 2 is 2.15 bits per heavy atom. The maximum Gasteiger partial charge on any atom is 0.262 e. The first-order chi connectivity index (χ1) is 12.7. The maximum atomic E-state index is 11.4. The fourth-order valence-electron chi connectivity index (χ4n) is 3.47. The number of carbonyl (C=O) groups excluding carboxylic acids is 1. The molecule has 3 heterocycles. The third-order valence-electron chi connectivity index (χ3n) is 5.07. The predicted octanol–water partition coefficient (Wildman–Crippen LogP) is 3.38. The van der Waals surface area contributed by atoms with E-state index in [9.17, 15) is 4.79 Å². The monoisotopic (exact) mass is 349 g/mol. The number of H-pyrrole nitrogens is 1. The fraction of sp³-hybridized carbons (Fsp3) is 0.316. The summed E-state index contributed by atoms with van der Waals surface area (Å²) in [4.78, 5) is 23.9. The number of hydrogen-bond acceptors (Lipinski definition) is 5. The largest absolute Gasteiger partial charge is 0.482 e. The summed E-state index contributed by atoms with van der Waals surface area (Å²) in [6, 6.07) is 7.59. The topological polar surface area (TPSA) is 91.9 Å². The van der Waals surface area contributed by atoms with Gasteiger partial charge in [0.2, 0.25) is 5.95 Å². The number of fused-ring (bicyclic) bond motifs is 2. The van der Waals surface area contributed by atoms with Crippen LogP contribution >= 0.6 is 0 Å². The van der Waals surface area contributed by atoms with Crippen molar-refractivity contribution in [1.29, 1.82) is 0 Å². The van der Waals surface area contributed by atoms with Crippen molar-refractivity contribution in [2.75, 3.05) is 17.2 Å². The highest BCUT2D eigenvalue weighted by atomic mass is 16.5. The van der Waals surface area contributed by atoms with Crippen LogP contribution in [0.5, 0.6) is 5.75 Å². The second kappa shape index (κ2) is 6.01. The van der Waals surface area contributed by atoms with Gasteiger partial charge in [0, 0.05) is 23.3 Å². The molecule has 3 aromatic rings. The highest BCUT2D eigenvalue weighted by Crippen LogP contribution is 2.33. The van der Waals surface area contributed by atoms with Crippen LogP contribution in [0.1, 0.15) is 25.0 Å². The zero-order chi connectivity index (χ0) is 17.5. The normalized spacial score (nSPS) is 16.5. The van der Waals surface area contributed by atoms with Gasteiger partial charge in [-0.2, -0.15) is 4.98 Å². The Balaban J connectivity index is 1.44. The molecule has 7 heteroatoms. The molecular weight excluding hydrogens is 330 g/mol. The van der Waals surface area contributed by atoms with E-state index in [1.54, 1.807) is 0 Å². The van der Waals surface area contributed by atoms with Gasteiger partial charge >= 0.3 is 0 Å². The van der Waals surface area contributed by atoms with Crippen LogP contribution in [0, 0.1) is 5.92 Å². The summed E-state index contributed by atoms with van der Waals surface area (Å²) in [5, 5.41) is 7.15. The van der Waals surface area contributed by atoms with Gasteiger partial charge < -0.3 is 20.4 Å². The zero-order valence-electron chi connectivity index (χ0n) is 14.2. The van der Waals surface area contributed by atoms with E-state index in [-0.39, 0.29) is 12.5 Å². The lowest BCUT2D eigenvalue weighted by molar-refractivity contribution is -0.118. The molecule has 2 aromatic heterocycles. The van der Waals surface area contributed by atoms with Crippen LogP contribution in [0.25, 0.3) is 11.0 Å². The molecule has 3 N–H and O–H groups in total. The Kier molecular flexibility index (Phi) is 3.51. The first-order valence-corrected chi connectivity index (χ1v) is 8.92. The second-order valence-corrected chi connectivity index (χ2v) is 6.91. The van der Waals surface area contributed by atoms with E-state index in [1.165, 1.54) is 19.3 Å². The molecule has 0 unspecified atom stereocenters. The molecule has 7 nitrogen and oxygen atoms in total. The lowest BCUT2D eigenvalue weighted by Gasteiger charge is -2.25. The second-order valence-electron chi connectivity index (χ2n) is 6.91. The quantitative estimate of drug-likeness (QED) is 0.672. The molecule has 1 aliphatic heterocycles. The lowest BCUT2D eigenvalue weighted by atomic mass is 9.82. The van der Waals surface area contributed by atoms with Crippen molar-refractivity contribution in [3.63, 3.8) is 0 Å². The maximum absolute atomic E-state index is 11.4. The number of amides is 1. The molecule has 2 aliphatic rings. The Hall–Kier alpha value is -3.09. The van der Waals surface area contributed by atoms with Gasteiger partial charge in [-0.1, -0.05) is 19.3 Å². The summed E-state index contributed by atoms with van der Waals surface area (Å²) in [5.74, 6) is 1.80. The minimum Gasteiger partial charge on any atom is -0.482 e. The van der Waals surface area contributed by atoms with Gasteiger partial charge in [0.25, 0.3) is 5.91 Å². The molecule has 1 amide bonds. The third-order valence-corrected chi connectivity index (χ3v) is 5.07. The van der Waals surface area contributed by atoms with E-state index < -0.39 is 0 Å². The van der Waals surface area contributed by atoms with Crippen molar-refractivity contribution in [1.82, 2.24) is 15.0 Å². The van der Waals surface area contributed by atoms with E-state index in [0.717, 1.165) is 34.8 Å². The van der Waals surface area contributed by atoms with Crippen molar-refractivity contribution < 1.29 is 9.53 Å². The minimum absolute atomic E-state index is 0.0346. The van der Waals surface area contributed by atoms with Gasteiger partial charge in [0.1, 0.15) is 11.4 Å². The van der Waals surface area contributed by atoms with Gasteiger partial charge in [-0.15, -0.1) is 0 Å². The number of aromatic nitrogens is 3. The van der Waals surface area contributed by atoms with Gasteiger partial charge in [-0.3, -0.25) is 4.79 Å². The molecule has 0 radical (unpaired) electrons. The minimum atomic E-state index is -0.139. The predicted molar refractivity (Wildman–Crippen MR) is 98.8 cm³/mol. The standard InChI is InChI=1S/C19H19N5O2/c25-17-10-26-16-9-12(4-5-14(16)22-17)21-19-23-15(8-11-2-1-3-11)13-6-7-20-18(13)24-19/h4-7,9,11H,1-3,8,10H2,(H,22,25)(H2,20,21,23,24). The average molecular weight is 349 g/mol. The van der Waals surface area contributed by atoms with Crippen LogP contribution in [-0.4, -0.2) is 27.5 Å². The van der Waals surface area contributed by atoms with Crippen LogP contribution in [0.2, 0.25) is 0 Å². The highest BCUT2D eigenvalue weighted by Gasteiger charge is 2.21. The number of nitrogens with one attached hydrogen (secondary N) is 3. The van der Waals surface area contributed by atoms with Crippen LogP contribution in [0.4, 0.5) is 17.3 Å². The Labute approximate surface area is 150 Å². The zero-order valence-corrected chi connectivity index (χ0v) is 14.2. The van der Waals surface area contributed by atoms with Crippen LogP contribution in [0.3, 0.4) is 0 Å². The number of hydrogen-bond donors (Lipinski definition) is 3. The summed E-state index contributed by atoms with van der Waals surface area (Å²) in [6.07, 6.45) is 6.79. The summed E-state index contributed by atoms with van der Waals surface area (Å²) in [6.45, 7) is 0.0346. The van der Waals surface area contributed by atoms with E-state index in [0.29, 0.717) is 17.4 Å². The molecule has 0 atom stereocenters. The molecule has 0 spiro atoms. The molecular formula is C19H19N5O2. The fourth-order valence-corrected chi connectivity index (χ4v) is 3.47. The molecule has 26 heavy (non-hydrogen) atoms. The molecule has 1 saturated carbocycles. The Bertz CT molecular complexity index is 993. The van der Waals surface area contributed by atoms with Crippen molar-refractivity contribution in [3.8, 4) is 5.75 Å². The number of benzene rings is 1. The van der Waals surface area contributed by atoms with Crippen LogP contribution in [0.15, 0.2) is 30.5 Å². The van der Waals surface area contributed by atoms with E-state index in [1.807, 2.05) is 30.5 Å². The van der Waals surface area contributed by atoms with Crippen molar-refractivity contribution >= 4 is 34.3 Å². The summed E-state index contributed by atoms with van der Waals surface area (Å²) in [5.41, 5.74) is 3.43. The summed E-state index contributed by atoms with van der Waals surface area (Å²) >= 11 is 0. The SMILES string of the molecule is O=C1COc2cc(Nc3nc(CC4CCC4)c4cc[nH]c4n3)ccc2N1. The number of rotatable bonds is 4. The van der Waals surface area contributed by atoms with Crippen LogP contribution < -0.4 is 15.4 Å². The first kappa shape index (κ1) is 15.2. The number of nitrogens with zero attached hydrogens (tertiary/aromatic N) is 2. The summed E-state index contributed by atoms with van der Waals surface area (Å²) < 4.78 is 5.47. The van der Waals surface area contributed by atoms with Gasteiger partial charge in [-0.25, -0.2) is 4.98 Å². The van der Waals surface area contributed by atoms with Crippen molar-refractivity contribution in [2.24, 2.45) is 5.92 Å². The Morgan fingerprint density at radius 3 is 3.00 bits per heavy atom. The molecule has 1 aliphatic carbocycles. The summed E-state index contributed by atoms with van der Waals surface area (Å²) in [7, 11) is 0. The number of anilines is 3. The number of carbonyl (C=O) groups is 1. The lowest BCUT2D eigenvalue weighted by Crippen LogP contribution is -2.25. The third kappa shape index (κ3) is 2.75.